The Kier molecular flexibility index (Phi) is 5.51. The van der Waals surface area contributed by atoms with Gasteiger partial charge in [0.05, 0.1) is 0 Å². The van der Waals surface area contributed by atoms with E-state index in [0.29, 0.717) is 0 Å². The molecule has 1 unspecified atom stereocenters. The van der Waals surface area contributed by atoms with Gasteiger partial charge in [-0.1, -0.05) is 13.8 Å². The molecule has 0 aromatic heterocycles. The largest absolute Gasteiger partial charge is 0.319 e. The molecule has 0 amide bonds. The van der Waals surface area contributed by atoms with Crippen LogP contribution in [0.15, 0.2) is 0 Å². The Morgan fingerprint density at radius 3 is 2.09 bits per heavy atom. The van der Waals surface area contributed by atoms with Crippen LogP contribution in [0.1, 0.15) is 13.8 Å². The van der Waals surface area contributed by atoms with Crippen LogP contribution in [0.25, 0.3) is 0 Å². The summed E-state index contributed by atoms with van der Waals surface area (Å²) in [6.45, 7) is 6.87. The van der Waals surface area contributed by atoms with E-state index in [9.17, 15) is 0 Å². The van der Waals surface area contributed by atoms with E-state index in [4.69, 9.17) is 0 Å². The Morgan fingerprint density at radius 2 is 1.82 bits per heavy atom. The molecule has 0 aliphatic rings. The van der Waals surface area contributed by atoms with E-state index in [1.165, 1.54) is 6.54 Å². The van der Waals surface area contributed by atoms with Crippen LogP contribution in [0.4, 0.5) is 0 Å². The fraction of sp³-hybridized carbons (Fsp3) is 1.00. The van der Waals surface area contributed by atoms with Crippen molar-refractivity contribution in [2.24, 2.45) is 11.8 Å². The Balaban J connectivity index is 3.69. The molecule has 11 heavy (non-hydrogen) atoms. The van der Waals surface area contributed by atoms with Crippen molar-refractivity contribution >= 4 is 0 Å². The van der Waals surface area contributed by atoms with Crippen molar-refractivity contribution in [1.82, 2.24) is 10.2 Å². The molecule has 0 saturated carbocycles. The number of nitrogens with zero attached hydrogens (tertiary/aromatic N) is 1. The SMILES string of the molecule is CNCC(CN(C)C)C(C)C. The van der Waals surface area contributed by atoms with Crippen LogP contribution >= 0.6 is 0 Å². The second-order valence-corrected chi connectivity index (χ2v) is 3.82. The lowest BCUT2D eigenvalue weighted by Crippen LogP contribution is -2.32. The van der Waals surface area contributed by atoms with Crippen molar-refractivity contribution in [2.45, 2.75) is 13.8 Å². The van der Waals surface area contributed by atoms with Crippen molar-refractivity contribution < 1.29 is 0 Å². The van der Waals surface area contributed by atoms with Gasteiger partial charge in [0, 0.05) is 6.54 Å². The lowest BCUT2D eigenvalue weighted by molar-refractivity contribution is 0.265. The first-order chi connectivity index (χ1) is 5.07. The van der Waals surface area contributed by atoms with Gasteiger partial charge in [-0.25, -0.2) is 0 Å². The predicted molar refractivity (Wildman–Crippen MR) is 50.8 cm³/mol. The Hall–Kier alpha value is -0.0800. The molecule has 0 aromatic rings. The highest BCUT2D eigenvalue weighted by molar-refractivity contribution is 4.67. The summed E-state index contributed by atoms with van der Waals surface area (Å²) in [5.41, 5.74) is 0. The number of rotatable bonds is 5. The minimum absolute atomic E-state index is 0.768. The molecule has 0 saturated heterocycles. The van der Waals surface area contributed by atoms with Gasteiger partial charge in [-0.05, 0) is 39.5 Å². The quantitative estimate of drug-likeness (QED) is 0.643. The third-order valence-corrected chi connectivity index (χ3v) is 2.01. The second kappa shape index (κ2) is 5.56. The standard InChI is InChI=1S/C9H22N2/c1-8(2)9(6-10-3)7-11(4)5/h8-10H,6-7H2,1-5H3. The normalized spacial score (nSPS) is 14.5. The minimum Gasteiger partial charge on any atom is -0.319 e. The molecule has 0 fully saturated rings. The first kappa shape index (κ1) is 10.9. The van der Waals surface area contributed by atoms with Gasteiger partial charge >= 0.3 is 0 Å². The molecule has 0 spiro atoms. The maximum absolute atomic E-state index is 3.23. The van der Waals surface area contributed by atoms with E-state index in [1.54, 1.807) is 0 Å². The summed E-state index contributed by atoms with van der Waals surface area (Å²) in [5, 5.41) is 3.23. The smallest absolute Gasteiger partial charge is 0.00181 e. The van der Waals surface area contributed by atoms with Crippen molar-refractivity contribution in [3.05, 3.63) is 0 Å². The maximum atomic E-state index is 3.23. The van der Waals surface area contributed by atoms with E-state index < -0.39 is 0 Å². The fourth-order valence-electron chi connectivity index (χ4n) is 1.24. The summed E-state index contributed by atoms with van der Waals surface area (Å²) in [7, 11) is 6.28. The molecule has 0 bridgehead atoms. The van der Waals surface area contributed by atoms with Gasteiger partial charge in [-0.2, -0.15) is 0 Å². The van der Waals surface area contributed by atoms with Crippen LogP contribution in [-0.2, 0) is 0 Å². The first-order valence-corrected chi connectivity index (χ1v) is 4.37. The first-order valence-electron chi connectivity index (χ1n) is 4.37. The van der Waals surface area contributed by atoms with E-state index in [2.05, 4.69) is 38.2 Å². The second-order valence-electron chi connectivity index (χ2n) is 3.82. The molecule has 0 rings (SSSR count). The van der Waals surface area contributed by atoms with E-state index >= 15 is 0 Å². The van der Waals surface area contributed by atoms with Crippen LogP contribution in [-0.4, -0.2) is 39.1 Å². The van der Waals surface area contributed by atoms with Gasteiger partial charge in [0.2, 0.25) is 0 Å². The van der Waals surface area contributed by atoms with Crippen LogP contribution in [0, 0.1) is 11.8 Å². The highest BCUT2D eigenvalue weighted by Gasteiger charge is 2.12. The van der Waals surface area contributed by atoms with E-state index in [-0.39, 0.29) is 0 Å². The highest BCUT2D eigenvalue weighted by atomic mass is 15.1. The molecular formula is C9H22N2. The van der Waals surface area contributed by atoms with Gasteiger partial charge in [0.25, 0.3) is 0 Å². The van der Waals surface area contributed by atoms with Crippen LogP contribution in [0.2, 0.25) is 0 Å². The monoisotopic (exact) mass is 158 g/mol. The van der Waals surface area contributed by atoms with Crippen molar-refractivity contribution in [3.8, 4) is 0 Å². The van der Waals surface area contributed by atoms with Crippen molar-refractivity contribution in [2.75, 3.05) is 34.2 Å². The number of hydrogen-bond acceptors (Lipinski definition) is 2. The van der Waals surface area contributed by atoms with Gasteiger partial charge < -0.3 is 10.2 Å². The van der Waals surface area contributed by atoms with Gasteiger partial charge in [-0.3, -0.25) is 0 Å². The third-order valence-electron chi connectivity index (χ3n) is 2.01. The predicted octanol–water partition coefficient (Wildman–Crippen LogP) is 1.04. The molecule has 0 aliphatic heterocycles. The topological polar surface area (TPSA) is 15.3 Å². The third kappa shape index (κ3) is 5.22. The Labute approximate surface area is 71.0 Å². The fourth-order valence-corrected chi connectivity index (χ4v) is 1.24. The molecule has 1 N–H and O–H groups in total. The average Bonchev–Trinajstić information content (AvgIpc) is 1.86. The number of nitrogens with one attached hydrogen (secondary N) is 1. The van der Waals surface area contributed by atoms with Gasteiger partial charge in [0.1, 0.15) is 0 Å². The molecule has 0 aromatic carbocycles. The molecule has 0 aliphatic carbocycles. The van der Waals surface area contributed by atoms with Crippen LogP contribution in [0.5, 0.6) is 0 Å². The zero-order chi connectivity index (χ0) is 8.85. The van der Waals surface area contributed by atoms with Crippen molar-refractivity contribution in [1.29, 1.82) is 0 Å². The lowest BCUT2D eigenvalue weighted by atomic mass is 9.95. The Morgan fingerprint density at radius 1 is 1.27 bits per heavy atom. The molecule has 2 nitrogen and oxygen atoms in total. The summed E-state index contributed by atoms with van der Waals surface area (Å²) in [6, 6.07) is 0. The summed E-state index contributed by atoms with van der Waals surface area (Å²) < 4.78 is 0. The molecule has 1 atom stereocenters. The summed E-state index contributed by atoms with van der Waals surface area (Å²) in [4.78, 5) is 2.25. The average molecular weight is 158 g/mol. The van der Waals surface area contributed by atoms with Crippen LogP contribution < -0.4 is 5.32 Å². The van der Waals surface area contributed by atoms with Crippen molar-refractivity contribution in [3.63, 3.8) is 0 Å². The summed E-state index contributed by atoms with van der Waals surface area (Å²) >= 11 is 0. The molecular weight excluding hydrogens is 136 g/mol. The number of hydrogen-bond donors (Lipinski definition) is 1. The lowest BCUT2D eigenvalue weighted by Gasteiger charge is -2.23. The summed E-state index contributed by atoms with van der Waals surface area (Å²) in [6.07, 6.45) is 0. The van der Waals surface area contributed by atoms with Gasteiger partial charge in [0.15, 0.2) is 0 Å². The molecule has 0 heterocycles. The van der Waals surface area contributed by atoms with Crippen LogP contribution in [0.3, 0.4) is 0 Å². The summed E-state index contributed by atoms with van der Waals surface area (Å²) in [5.74, 6) is 1.54. The Bertz CT molecular complexity index is 89.6. The zero-order valence-electron chi connectivity index (χ0n) is 8.52. The molecule has 0 radical (unpaired) electrons. The molecule has 2 heteroatoms. The zero-order valence-corrected chi connectivity index (χ0v) is 8.52. The maximum Gasteiger partial charge on any atom is 0.00181 e. The van der Waals surface area contributed by atoms with Gasteiger partial charge in [-0.15, -0.1) is 0 Å². The van der Waals surface area contributed by atoms with E-state index in [0.717, 1.165) is 18.4 Å². The van der Waals surface area contributed by atoms with E-state index in [1.807, 2.05) is 7.05 Å². The molecule has 68 valence electrons. The highest BCUT2D eigenvalue weighted by Crippen LogP contribution is 2.09. The minimum atomic E-state index is 0.768.